The number of hydrogen-bond donors (Lipinski definition) is 0. The van der Waals surface area contributed by atoms with E-state index in [1.54, 1.807) is 0 Å². The molecule has 0 spiro atoms. The summed E-state index contributed by atoms with van der Waals surface area (Å²) in [7, 11) is 2.11. The maximum Gasteiger partial charge on any atom is 0.496 e. The van der Waals surface area contributed by atoms with Gasteiger partial charge in [-0.2, -0.15) is 0 Å². The molecule has 3 heterocycles. The maximum atomic E-state index is 13.6. The Hall–Kier alpha value is -1.97. The molecule has 0 unspecified atom stereocenters. The van der Waals surface area contributed by atoms with Crippen LogP contribution in [0.15, 0.2) is 24.5 Å². The maximum absolute atomic E-state index is 13.6. The summed E-state index contributed by atoms with van der Waals surface area (Å²) in [5.41, 5.74) is -0.353. The minimum absolute atomic E-state index is 0.0322. The van der Waals surface area contributed by atoms with Crippen LogP contribution in [0.4, 0.5) is 8.78 Å². The van der Waals surface area contributed by atoms with Gasteiger partial charge >= 0.3 is 7.12 Å². The third-order valence-electron chi connectivity index (χ3n) is 4.51. The molecule has 10 heteroatoms. The first-order valence-corrected chi connectivity index (χ1v) is 10.2. The summed E-state index contributed by atoms with van der Waals surface area (Å²) in [6.07, 6.45) is 4.08. The van der Waals surface area contributed by atoms with Gasteiger partial charge in [0.1, 0.15) is 0 Å². The van der Waals surface area contributed by atoms with Crippen LogP contribution in [0.3, 0.4) is 0 Å². The molecule has 3 rings (SSSR count). The second-order valence-corrected chi connectivity index (χ2v) is 8.14. The van der Waals surface area contributed by atoms with Crippen LogP contribution in [-0.4, -0.2) is 42.5 Å². The van der Waals surface area contributed by atoms with Crippen molar-refractivity contribution in [3.05, 3.63) is 41.2 Å². The average molecular weight is 459 g/mol. The molecule has 1 fully saturated rings. The van der Waals surface area contributed by atoms with Crippen molar-refractivity contribution in [3.8, 4) is 11.8 Å². The second-order valence-electron chi connectivity index (χ2n) is 7.70. The van der Waals surface area contributed by atoms with Gasteiger partial charge in [0.2, 0.25) is 11.8 Å². The van der Waals surface area contributed by atoms with E-state index in [1.165, 1.54) is 39.1 Å². The summed E-state index contributed by atoms with van der Waals surface area (Å²) in [5, 5.41) is 0.262. The van der Waals surface area contributed by atoms with E-state index < -0.39 is 30.0 Å². The summed E-state index contributed by atoms with van der Waals surface area (Å²) >= 11 is 5.42. The zero-order valence-electron chi connectivity index (χ0n) is 19.3. The highest BCUT2D eigenvalue weighted by Gasteiger charge is 2.51. The molecule has 172 valence electrons. The van der Waals surface area contributed by atoms with E-state index in [1.807, 2.05) is 27.7 Å². The van der Waals surface area contributed by atoms with Crippen molar-refractivity contribution in [1.29, 1.82) is 0 Å². The molecule has 1 aliphatic heterocycles. The van der Waals surface area contributed by atoms with Gasteiger partial charge in [-0.15, -0.1) is 0 Å². The minimum Gasteiger partial charge on any atom is -0.479 e. The Morgan fingerprint density at radius 2 is 1.32 bits per heavy atom. The fourth-order valence-electron chi connectivity index (χ4n) is 2.25. The third kappa shape index (κ3) is 7.30. The molecular formula is C21H30BClF2N2O4. The first kappa shape index (κ1) is 27.1. The van der Waals surface area contributed by atoms with Crippen molar-refractivity contribution in [1.82, 2.24) is 9.97 Å². The van der Waals surface area contributed by atoms with E-state index in [9.17, 15) is 8.78 Å². The van der Waals surface area contributed by atoms with Crippen LogP contribution in [0.25, 0.3) is 0 Å². The highest BCUT2D eigenvalue weighted by Crippen LogP contribution is 2.36. The Morgan fingerprint density at radius 1 is 0.903 bits per heavy atom. The van der Waals surface area contributed by atoms with Crippen molar-refractivity contribution in [3.63, 3.8) is 0 Å². The molecule has 0 saturated carbocycles. The third-order valence-corrected chi connectivity index (χ3v) is 4.72. The van der Waals surface area contributed by atoms with Gasteiger partial charge in [-0.05, 0) is 39.8 Å². The Balaban J connectivity index is 0.000000311. The Kier molecular flexibility index (Phi) is 10.1. The lowest BCUT2D eigenvalue weighted by atomic mass is 9.80. The number of rotatable bonds is 3. The van der Waals surface area contributed by atoms with Crippen molar-refractivity contribution < 1.29 is 27.6 Å². The standard InChI is InChI=1S/C12H17BFNO3.C6H5ClFNO.C3H8/c1-11(2)12(3,4)18-13(17-11)8-6-9(14)10(16-5)15-7-8;1-10-6-5(8)2-4(7)3-9-6;1-3-2/h6-7H,1-5H3;2-3H,1H3;3H2,1-2H3. The fraction of sp³-hybridized carbons (Fsp3) is 0.524. The Labute approximate surface area is 188 Å². The molecule has 2 aromatic heterocycles. The number of halogens is 3. The lowest BCUT2D eigenvalue weighted by Gasteiger charge is -2.32. The summed E-state index contributed by atoms with van der Waals surface area (Å²) < 4.78 is 47.1. The summed E-state index contributed by atoms with van der Waals surface area (Å²) in [5.74, 6) is -1.14. The van der Waals surface area contributed by atoms with E-state index in [0.29, 0.717) is 5.46 Å². The van der Waals surface area contributed by atoms with Crippen LogP contribution in [0, 0.1) is 11.6 Å². The fourth-order valence-corrected chi connectivity index (χ4v) is 2.40. The number of nitrogens with zero attached hydrogens (tertiary/aromatic N) is 2. The van der Waals surface area contributed by atoms with E-state index in [4.69, 9.17) is 25.6 Å². The molecule has 0 aromatic carbocycles. The van der Waals surface area contributed by atoms with E-state index in [0.717, 1.165) is 6.07 Å². The highest BCUT2D eigenvalue weighted by molar-refractivity contribution is 6.62. The van der Waals surface area contributed by atoms with Crippen LogP contribution in [0.5, 0.6) is 11.8 Å². The van der Waals surface area contributed by atoms with Gasteiger partial charge in [0, 0.05) is 17.9 Å². The molecule has 6 nitrogen and oxygen atoms in total. The van der Waals surface area contributed by atoms with Gasteiger partial charge in [0.25, 0.3) is 0 Å². The number of ether oxygens (including phenoxy) is 2. The molecule has 0 amide bonds. The highest BCUT2D eigenvalue weighted by atomic mass is 35.5. The van der Waals surface area contributed by atoms with Crippen LogP contribution in [0.2, 0.25) is 5.02 Å². The minimum atomic E-state index is -0.608. The van der Waals surface area contributed by atoms with Crippen molar-refractivity contribution in [2.75, 3.05) is 14.2 Å². The molecule has 0 aliphatic carbocycles. The topological polar surface area (TPSA) is 62.7 Å². The molecule has 31 heavy (non-hydrogen) atoms. The van der Waals surface area contributed by atoms with Crippen molar-refractivity contribution in [2.45, 2.75) is 59.2 Å². The number of pyridine rings is 2. The smallest absolute Gasteiger partial charge is 0.479 e. The first-order chi connectivity index (χ1) is 14.4. The predicted octanol–water partition coefficient (Wildman–Crippen LogP) is 4.83. The average Bonchev–Trinajstić information content (AvgIpc) is 2.90. The number of hydrogen-bond acceptors (Lipinski definition) is 6. The number of methoxy groups -OCH3 is 2. The monoisotopic (exact) mass is 458 g/mol. The molecule has 0 atom stereocenters. The van der Waals surface area contributed by atoms with Gasteiger partial charge in [-0.1, -0.05) is 31.9 Å². The zero-order chi connectivity index (χ0) is 23.8. The Morgan fingerprint density at radius 3 is 1.71 bits per heavy atom. The van der Waals surface area contributed by atoms with Gasteiger partial charge < -0.3 is 18.8 Å². The first-order valence-electron chi connectivity index (χ1n) is 9.82. The van der Waals surface area contributed by atoms with E-state index in [-0.39, 0.29) is 16.8 Å². The molecule has 0 N–H and O–H groups in total. The quantitative estimate of drug-likeness (QED) is 0.614. The van der Waals surface area contributed by atoms with Gasteiger partial charge in [-0.3, -0.25) is 0 Å². The molecule has 1 aliphatic rings. The van der Waals surface area contributed by atoms with Gasteiger partial charge in [0.15, 0.2) is 11.6 Å². The summed E-state index contributed by atoms with van der Waals surface area (Å²) in [6.45, 7) is 12.0. The SMILES string of the molecule is CCC.COc1ncc(B2OC(C)(C)C(C)(C)O2)cc1F.COc1ncc(Cl)cc1F. The van der Waals surface area contributed by atoms with Crippen LogP contribution >= 0.6 is 11.6 Å². The molecule has 1 saturated heterocycles. The van der Waals surface area contributed by atoms with Crippen LogP contribution < -0.4 is 14.9 Å². The predicted molar refractivity (Wildman–Crippen MR) is 118 cm³/mol. The largest absolute Gasteiger partial charge is 0.496 e. The molecule has 0 bridgehead atoms. The van der Waals surface area contributed by atoms with Crippen molar-refractivity contribution in [2.24, 2.45) is 0 Å². The normalized spacial score (nSPS) is 15.9. The number of aromatic nitrogens is 2. The summed E-state index contributed by atoms with van der Waals surface area (Å²) in [4.78, 5) is 7.45. The van der Waals surface area contributed by atoms with E-state index >= 15 is 0 Å². The molecule has 0 radical (unpaired) electrons. The molecule has 2 aromatic rings. The second kappa shape index (κ2) is 11.6. The van der Waals surface area contributed by atoms with E-state index in [2.05, 4.69) is 28.6 Å². The Bertz CT molecular complexity index is 840. The summed E-state index contributed by atoms with van der Waals surface area (Å²) in [6, 6.07) is 2.47. The van der Waals surface area contributed by atoms with Gasteiger partial charge in [-0.25, -0.2) is 18.7 Å². The van der Waals surface area contributed by atoms with Crippen LogP contribution in [-0.2, 0) is 9.31 Å². The zero-order valence-corrected chi connectivity index (χ0v) is 20.0. The van der Waals surface area contributed by atoms with Crippen LogP contribution in [0.1, 0.15) is 48.0 Å². The van der Waals surface area contributed by atoms with Gasteiger partial charge in [0.05, 0.1) is 30.4 Å². The lowest BCUT2D eigenvalue weighted by molar-refractivity contribution is 0.00578. The van der Waals surface area contributed by atoms with Crippen molar-refractivity contribution >= 4 is 24.2 Å². The molecular weight excluding hydrogens is 429 g/mol. The lowest BCUT2D eigenvalue weighted by Crippen LogP contribution is -2.41.